The zero-order chi connectivity index (χ0) is 18.4. The van der Waals surface area contributed by atoms with E-state index in [1.165, 1.54) is 25.7 Å². The van der Waals surface area contributed by atoms with Crippen molar-refractivity contribution in [2.45, 2.75) is 89.9 Å². The number of pyridine rings is 1. The Hall–Kier alpha value is -1.62. The van der Waals surface area contributed by atoms with Crippen LogP contribution in [0.5, 0.6) is 5.88 Å². The number of ether oxygens (including phenoxy) is 1. The number of rotatable bonds is 6. The number of amides is 1. The van der Waals surface area contributed by atoms with E-state index in [1.54, 1.807) is 6.20 Å². The average Bonchev–Trinajstić information content (AvgIpc) is 2.67. The molecule has 1 N–H and O–H groups in total. The molecule has 1 atom stereocenters. The standard InChI is InChI=1S/C21H33N3O2/c1-16(2)24-13-7-6-10-19(24)21(25)23-15-17-11-12-22-20(14-17)26-18-8-4-3-5-9-18/h11-12,14,16,18-19H,3-10,13,15H2,1-2H3,(H,23,25). The highest BCUT2D eigenvalue weighted by atomic mass is 16.5. The molecule has 2 heterocycles. The third-order valence-electron chi connectivity index (χ3n) is 5.62. The second-order valence-electron chi connectivity index (χ2n) is 7.94. The number of hydrogen-bond acceptors (Lipinski definition) is 4. The number of carbonyl (C=O) groups excluding carboxylic acids is 1. The molecule has 2 aliphatic rings. The summed E-state index contributed by atoms with van der Waals surface area (Å²) in [5, 5.41) is 3.12. The van der Waals surface area contributed by atoms with E-state index in [0.717, 1.165) is 37.8 Å². The molecule has 1 aliphatic heterocycles. The lowest BCUT2D eigenvalue weighted by Crippen LogP contribution is -2.51. The monoisotopic (exact) mass is 359 g/mol. The number of nitrogens with zero attached hydrogens (tertiary/aromatic N) is 2. The molecule has 26 heavy (non-hydrogen) atoms. The van der Waals surface area contributed by atoms with Gasteiger partial charge in [0.1, 0.15) is 6.10 Å². The Labute approximate surface area is 157 Å². The van der Waals surface area contributed by atoms with Crippen molar-refractivity contribution in [3.05, 3.63) is 23.9 Å². The summed E-state index contributed by atoms with van der Waals surface area (Å²) in [5.74, 6) is 0.829. The lowest BCUT2D eigenvalue weighted by Gasteiger charge is -2.37. The van der Waals surface area contributed by atoms with Crippen LogP contribution in [0.15, 0.2) is 18.3 Å². The van der Waals surface area contributed by atoms with Crippen molar-refractivity contribution in [1.29, 1.82) is 0 Å². The van der Waals surface area contributed by atoms with Gasteiger partial charge in [-0.3, -0.25) is 9.69 Å². The molecule has 1 amide bonds. The van der Waals surface area contributed by atoms with E-state index >= 15 is 0 Å². The third kappa shape index (κ3) is 5.19. The van der Waals surface area contributed by atoms with Crippen LogP contribution in [-0.2, 0) is 11.3 Å². The highest BCUT2D eigenvalue weighted by Crippen LogP contribution is 2.23. The molecule has 1 aliphatic carbocycles. The van der Waals surface area contributed by atoms with Gasteiger partial charge in [-0.05, 0) is 70.5 Å². The van der Waals surface area contributed by atoms with E-state index in [1.807, 2.05) is 12.1 Å². The molecular weight excluding hydrogens is 326 g/mol. The van der Waals surface area contributed by atoms with Gasteiger partial charge in [0.25, 0.3) is 0 Å². The first kappa shape index (κ1) is 19.2. The zero-order valence-electron chi connectivity index (χ0n) is 16.2. The van der Waals surface area contributed by atoms with E-state index in [9.17, 15) is 4.79 Å². The van der Waals surface area contributed by atoms with E-state index in [0.29, 0.717) is 24.6 Å². The van der Waals surface area contributed by atoms with Gasteiger partial charge >= 0.3 is 0 Å². The molecule has 1 aromatic rings. The lowest BCUT2D eigenvalue weighted by atomic mass is 9.98. The van der Waals surface area contributed by atoms with Crippen molar-refractivity contribution in [2.24, 2.45) is 0 Å². The second kappa shape index (κ2) is 9.36. The van der Waals surface area contributed by atoms with Crippen LogP contribution in [0.2, 0.25) is 0 Å². The van der Waals surface area contributed by atoms with Gasteiger partial charge in [-0.25, -0.2) is 4.98 Å². The van der Waals surface area contributed by atoms with Gasteiger partial charge < -0.3 is 10.1 Å². The number of nitrogens with one attached hydrogen (secondary N) is 1. The molecule has 0 spiro atoms. The minimum atomic E-state index is 0.00328. The molecule has 144 valence electrons. The molecule has 2 fully saturated rings. The first-order chi connectivity index (χ1) is 12.6. The molecule has 1 unspecified atom stereocenters. The minimum absolute atomic E-state index is 0.00328. The smallest absolute Gasteiger partial charge is 0.237 e. The highest BCUT2D eigenvalue weighted by molar-refractivity contribution is 5.81. The van der Waals surface area contributed by atoms with Crippen molar-refractivity contribution in [3.63, 3.8) is 0 Å². The van der Waals surface area contributed by atoms with Gasteiger partial charge in [0.15, 0.2) is 0 Å². The number of piperidine rings is 1. The van der Waals surface area contributed by atoms with Crippen LogP contribution in [-0.4, -0.2) is 40.5 Å². The summed E-state index contributed by atoms with van der Waals surface area (Å²) in [6.45, 7) is 5.89. The van der Waals surface area contributed by atoms with Crippen molar-refractivity contribution in [2.75, 3.05) is 6.54 Å². The van der Waals surface area contributed by atoms with E-state index in [2.05, 4.69) is 29.0 Å². The summed E-state index contributed by atoms with van der Waals surface area (Å²) in [4.78, 5) is 19.4. The Kier molecular flexibility index (Phi) is 6.89. The van der Waals surface area contributed by atoms with Gasteiger partial charge in [0, 0.05) is 24.8 Å². The number of hydrogen-bond donors (Lipinski definition) is 1. The van der Waals surface area contributed by atoms with Gasteiger partial charge in [-0.15, -0.1) is 0 Å². The third-order valence-corrected chi connectivity index (χ3v) is 5.62. The highest BCUT2D eigenvalue weighted by Gasteiger charge is 2.29. The number of carbonyl (C=O) groups is 1. The first-order valence-corrected chi connectivity index (χ1v) is 10.3. The lowest BCUT2D eigenvalue weighted by molar-refractivity contribution is -0.128. The SMILES string of the molecule is CC(C)N1CCCCC1C(=O)NCc1ccnc(OC2CCCCC2)c1. The van der Waals surface area contributed by atoms with Crippen molar-refractivity contribution in [1.82, 2.24) is 15.2 Å². The second-order valence-corrected chi connectivity index (χ2v) is 7.94. The molecule has 3 rings (SSSR count). The molecule has 1 saturated carbocycles. The number of aromatic nitrogens is 1. The quantitative estimate of drug-likeness (QED) is 0.842. The van der Waals surface area contributed by atoms with Crippen LogP contribution in [0, 0.1) is 0 Å². The Morgan fingerprint density at radius 1 is 1.23 bits per heavy atom. The maximum atomic E-state index is 12.7. The first-order valence-electron chi connectivity index (χ1n) is 10.3. The van der Waals surface area contributed by atoms with E-state index in [-0.39, 0.29) is 11.9 Å². The maximum absolute atomic E-state index is 12.7. The molecule has 5 heteroatoms. The summed E-state index contributed by atoms with van der Waals surface area (Å²) >= 11 is 0. The molecule has 0 bridgehead atoms. The fourth-order valence-corrected chi connectivity index (χ4v) is 4.14. The summed E-state index contributed by atoms with van der Waals surface area (Å²) < 4.78 is 6.04. The topological polar surface area (TPSA) is 54.5 Å². The van der Waals surface area contributed by atoms with Crippen LogP contribution < -0.4 is 10.1 Å². The van der Waals surface area contributed by atoms with Gasteiger partial charge in [0.2, 0.25) is 11.8 Å². The van der Waals surface area contributed by atoms with Crippen molar-refractivity contribution in [3.8, 4) is 5.88 Å². The number of likely N-dealkylation sites (tertiary alicyclic amines) is 1. The summed E-state index contributed by atoms with van der Waals surface area (Å²) in [6.07, 6.45) is 11.4. The molecular formula is C21H33N3O2. The fourth-order valence-electron chi connectivity index (χ4n) is 4.14. The van der Waals surface area contributed by atoms with Crippen molar-refractivity contribution >= 4 is 5.91 Å². The van der Waals surface area contributed by atoms with Crippen LogP contribution in [0.3, 0.4) is 0 Å². The molecule has 5 nitrogen and oxygen atoms in total. The van der Waals surface area contributed by atoms with E-state index in [4.69, 9.17) is 4.74 Å². The predicted molar refractivity (Wildman–Crippen MR) is 103 cm³/mol. The Balaban J connectivity index is 1.53. The molecule has 0 aromatic carbocycles. The molecule has 0 radical (unpaired) electrons. The summed E-state index contributed by atoms with van der Waals surface area (Å²) in [6, 6.07) is 4.33. The van der Waals surface area contributed by atoms with Crippen LogP contribution in [0.1, 0.15) is 70.8 Å². The van der Waals surface area contributed by atoms with Crippen LogP contribution in [0.4, 0.5) is 0 Å². The normalized spacial score (nSPS) is 22.3. The summed E-state index contributed by atoms with van der Waals surface area (Å²) in [5.41, 5.74) is 1.05. The summed E-state index contributed by atoms with van der Waals surface area (Å²) in [7, 11) is 0. The van der Waals surface area contributed by atoms with Crippen LogP contribution in [0.25, 0.3) is 0 Å². The molecule has 1 aromatic heterocycles. The van der Waals surface area contributed by atoms with Crippen molar-refractivity contribution < 1.29 is 9.53 Å². The Morgan fingerprint density at radius 3 is 2.77 bits per heavy atom. The van der Waals surface area contributed by atoms with Gasteiger partial charge in [0.05, 0.1) is 6.04 Å². The molecule has 1 saturated heterocycles. The average molecular weight is 360 g/mol. The zero-order valence-corrected chi connectivity index (χ0v) is 16.2. The Morgan fingerprint density at radius 2 is 2.00 bits per heavy atom. The predicted octanol–water partition coefficient (Wildman–Crippen LogP) is 3.67. The minimum Gasteiger partial charge on any atom is -0.474 e. The fraction of sp³-hybridized carbons (Fsp3) is 0.714. The van der Waals surface area contributed by atoms with Crippen LogP contribution >= 0.6 is 0 Å². The van der Waals surface area contributed by atoms with Gasteiger partial charge in [-0.1, -0.05) is 12.8 Å². The van der Waals surface area contributed by atoms with Gasteiger partial charge in [-0.2, -0.15) is 0 Å². The maximum Gasteiger partial charge on any atom is 0.237 e. The largest absolute Gasteiger partial charge is 0.474 e. The Bertz CT molecular complexity index is 584. The van der Waals surface area contributed by atoms with E-state index < -0.39 is 0 Å².